The maximum Gasteiger partial charge on any atom is 0.410 e. The van der Waals surface area contributed by atoms with Crippen LogP contribution in [-0.4, -0.2) is 49.8 Å². The van der Waals surface area contributed by atoms with E-state index in [9.17, 15) is 9.90 Å². The lowest BCUT2D eigenvalue weighted by Gasteiger charge is -2.38. The number of hydrogen-bond acceptors (Lipinski definition) is 5. The number of rotatable bonds is 3. The Morgan fingerprint density at radius 3 is 2.61 bits per heavy atom. The van der Waals surface area contributed by atoms with Gasteiger partial charge in [0.2, 0.25) is 0 Å². The number of carbonyl (C=O) groups excluding carboxylic acids is 1. The third-order valence-electron chi connectivity index (χ3n) is 5.43. The minimum Gasteiger partial charge on any atom is -0.508 e. The van der Waals surface area contributed by atoms with Crippen molar-refractivity contribution >= 4 is 11.6 Å². The summed E-state index contributed by atoms with van der Waals surface area (Å²) in [6.07, 6.45) is 6.70. The Bertz CT molecular complexity index is 1070. The molecule has 1 amide bonds. The van der Waals surface area contributed by atoms with Gasteiger partial charge in [-0.05, 0) is 51.5 Å². The molecule has 0 spiro atoms. The molecule has 3 heterocycles. The zero-order valence-corrected chi connectivity index (χ0v) is 18.4. The Balaban J connectivity index is 1.52. The molecule has 164 valence electrons. The van der Waals surface area contributed by atoms with Crippen LogP contribution in [0.3, 0.4) is 0 Å². The Hall–Kier alpha value is -3.22. The highest BCUT2D eigenvalue weighted by Gasteiger charge is 2.33. The first-order valence-electron chi connectivity index (χ1n) is 10.6. The van der Waals surface area contributed by atoms with Gasteiger partial charge in [0.25, 0.3) is 0 Å². The van der Waals surface area contributed by atoms with Crippen LogP contribution >= 0.6 is 0 Å². The van der Waals surface area contributed by atoms with E-state index < -0.39 is 5.60 Å². The number of hydrogen-bond donors (Lipinski definition) is 1. The van der Waals surface area contributed by atoms with Crippen LogP contribution in [0.4, 0.5) is 4.79 Å². The molecule has 1 fully saturated rings. The first-order chi connectivity index (χ1) is 14.7. The lowest BCUT2D eigenvalue weighted by Crippen LogP contribution is -2.49. The third kappa shape index (κ3) is 4.76. The van der Waals surface area contributed by atoms with E-state index in [1.54, 1.807) is 29.6 Å². The standard InChI is InChI=1S/C24H29N3O4/c1-16-11-20(9-10-27(16)23(29)31-24(2,3)4)30-22-12-18(14-26-15-25-13-21(22)26)17-5-7-19(28)8-6-17/h5-8,12-16,20,28H,9-11H2,1-4H3. The minimum atomic E-state index is -0.508. The van der Waals surface area contributed by atoms with E-state index in [4.69, 9.17) is 9.47 Å². The second-order valence-corrected chi connectivity index (χ2v) is 9.11. The van der Waals surface area contributed by atoms with Gasteiger partial charge in [0, 0.05) is 37.2 Å². The molecule has 1 aliphatic rings. The fourth-order valence-electron chi connectivity index (χ4n) is 3.91. The van der Waals surface area contributed by atoms with Crippen molar-refractivity contribution in [3.63, 3.8) is 0 Å². The molecule has 31 heavy (non-hydrogen) atoms. The smallest absolute Gasteiger partial charge is 0.410 e. The monoisotopic (exact) mass is 423 g/mol. The number of ether oxygens (including phenoxy) is 2. The highest BCUT2D eigenvalue weighted by atomic mass is 16.6. The summed E-state index contributed by atoms with van der Waals surface area (Å²) in [5.74, 6) is 0.987. The van der Waals surface area contributed by atoms with Gasteiger partial charge in [-0.25, -0.2) is 9.78 Å². The maximum absolute atomic E-state index is 12.5. The van der Waals surface area contributed by atoms with Crippen molar-refractivity contribution in [3.05, 3.63) is 49.1 Å². The summed E-state index contributed by atoms with van der Waals surface area (Å²) in [6.45, 7) is 8.25. The first-order valence-corrected chi connectivity index (χ1v) is 10.6. The highest BCUT2D eigenvalue weighted by Crippen LogP contribution is 2.32. The van der Waals surface area contributed by atoms with Crippen molar-refractivity contribution in [2.24, 2.45) is 0 Å². The Labute approximate surface area is 182 Å². The van der Waals surface area contributed by atoms with E-state index in [1.165, 1.54) is 0 Å². The number of carbonyl (C=O) groups is 1. The van der Waals surface area contributed by atoms with Crippen LogP contribution in [0, 0.1) is 0 Å². The van der Waals surface area contributed by atoms with Crippen LogP contribution < -0.4 is 4.74 Å². The molecular formula is C24H29N3O4. The molecule has 0 bridgehead atoms. The van der Waals surface area contributed by atoms with E-state index in [0.29, 0.717) is 6.54 Å². The lowest BCUT2D eigenvalue weighted by atomic mass is 10.0. The van der Waals surface area contributed by atoms with Crippen molar-refractivity contribution in [1.29, 1.82) is 0 Å². The number of aromatic hydroxyl groups is 1. The fraction of sp³-hybridized carbons (Fsp3) is 0.417. The number of piperidine rings is 1. The zero-order chi connectivity index (χ0) is 22.2. The van der Waals surface area contributed by atoms with Gasteiger partial charge in [-0.1, -0.05) is 12.1 Å². The molecule has 7 nitrogen and oxygen atoms in total. The van der Waals surface area contributed by atoms with Crippen LogP contribution in [0.1, 0.15) is 40.5 Å². The van der Waals surface area contributed by atoms with Crippen molar-refractivity contribution in [2.45, 2.75) is 58.3 Å². The predicted octanol–water partition coefficient (Wildman–Crippen LogP) is 4.87. The number of phenols is 1. The number of aromatic nitrogens is 2. The summed E-state index contributed by atoms with van der Waals surface area (Å²) < 4.78 is 13.9. The van der Waals surface area contributed by atoms with Gasteiger partial charge >= 0.3 is 6.09 Å². The molecule has 4 rings (SSSR count). The summed E-state index contributed by atoms with van der Waals surface area (Å²) in [4.78, 5) is 18.5. The number of phenolic OH excluding ortho intramolecular Hbond substituents is 1. The van der Waals surface area contributed by atoms with Gasteiger partial charge in [0.15, 0.2) is 0 Å². The highest BCUT2D eigenvalue weighted by molar-refractivity contribution is 5.71. The second kappa shape index (κ2) is 8.13. The zero-order valence-electron chi connectivity index (χ0n) is 18.4. The molecule has 1 aromatic carbocycles. The first kappa shape index (κ1) is 21.0. The topological polar surface area (TPSA) is 76.3 Å². The average molecular weight is 424 g/mol. The van der Waals surface area contributed by atoms with Gasteiger partial charge < -0.3 is 23.9 Å². The molecule has 1 saturated heterocycles. The van der Waals surface area contributed by atoms with Crippen molar-refractivity contribution in [3.8, 4) is 22.6 Å². The Kier molecular flexibility index (Phi) is 5.52. The van der Waals surface area contributed by atoms with E-state index in [1.807, 2.05) is 56.5 Å². The van der Waals surface area contributed by atoms with E-state index in [0.717, 1.165) is 35.2 Å². The van der Waals surface area contributed by atoms with Crippen molar-refractivity contribution in [1.82, 2.24) is 14.3 Å². The van der Waals surface area contributed by atoms with Gasteiger partial charge in [-0.3, -0.25) is 0 Å². The summed E-state index contributed by atoms with van der Waals surface area (Å²) in [5.41, 5.74) is 2.34. The molecule has 0 saturated carbocycles. The van der Waals surface area contributed by atoms with Crippen molar-refractivity contribution < 1.29 is 19.4 Å². The van der Waals surface area contributed by atoms with E-state index >= 15 is 0 Å². The van der Waals surface area contributed by atoms with Crippen molar-refractivity contribution in [2.75, 3.05) is 6.54 Å². The van der Waals surface area contributed by atoms with Crippen LogP contribution in [-0.2, 0) is 4.74 Å². The number of benzene rings is 1. The number of fused-ring (bicyclic) bond motifs is 1. The number of pyridine rings is 1. The molecule has 7 heteroatoms. The Morgan fingerprint density at radius 1 is 1.19 bits per heavy atom. The molecule has 2 aromatic heterocycles. The third-order valence-corrected chi connectivity index (χ3v) is 5.43. The molecule has 0 aliphatic carbocycles. The van der Waals surface area contributed by atoms with E-state index in [2.05, 4.69) is 4.98 Å². The number of nitrogens with zero attached hydrogens (tertiary/aromatic N) is 3. The van der Waals surface area contributed by atoms with Gasteiger partial charge in [0.05, 0.1) is 12.5 Å². The van der Waals surface area contributed by atoms with Gasteiger partial charge in [0.1, 0.15) is 28.7 Å². The number of likely N-dealkylation sites (tertiary alicyclic amines) is 1. The molecule has 1 aliphatic heterocycles. The second-order valence-electron chi connectivity index (χ2n) is 9.11. The average Bonchev–Trinajstić information content (AvgIpc) is 3.16. The predicted molar refractivity (Wildman–Crippen MR) is 118 cm³/mol. The molecule has 3 aromatic rings. The molecule has 1 N–H and O–H groups in total. The fourth-order valence-corrected chi connectivity index (χ4v) is 3.91. The number of imidazole rings is 1. The van der Waals surface area contributed by atoms with Crippen LogP contribution in [0.15, 0.2) is 49.1 Å². The molecular weight excluding hydrogens is 394 g/mol. The minimum absolute atomic E-state index is 0.0116. The SMILES string of the molecule is CC1CC(Oc2cc(-c3ccc(O)cc3)cn3cncc23)CCN1C(=O)OC(C)(C)C. The lowest BCUT2D eigenvalue weighted by molar-refractivity contribution is -0.000903. The summed E-state index contributed by atoms with van der Waals surface area (Å²) >= 11 is 0. The largest absolute Gasteiger partial charge is 0.508 e. The maximum atomic E-state index is 12.5. The summed E-state index contributed by atoms with van der Waals surface area (Å²) in [7, 11) is 0. The quantitative estimate of drug-likeness (QED) is 0.650. The van der Waals surface area contributed by atoms with Crippen LogP contribution in [0.5, 0.6) is 11.5 Å². The van der Waals surface area contributed by atoms with Crippen LogP contribution in [0.25, 0.3) is 16.6 Å². The van der Waals surface area contributed by atoms with Gasteiger partial charge in [-0.15, -0.1) is 0 Å². The normalized spacial score (nSPS) is 19.4. The summed E-state index contributed by atoms with van der Waals surface area (Å²) in [5, 5.41) is 9.58. The molecule has 0 radical (unpaired) electrons. The number of amides is 1. The Morgan fingerprint density at radius 2 is 1.94 bits per heavy atom. The molecule has 2 unspecified atom stereocenters. The van der Waals surface area contributed by atoms with E-state index in [-0.39, 0.29) is 24.0 Å². The summed E-state index contributed by atoms with van der Waals surface area (Å²) in [6, 6.07) is 9.12. The van der Waals surface area contributed by atoms with Crippen LogP contribution in [0.2, 0.25) is 0 Å². The van der Waals surface area contributed by atoms with Gasteiger partial charge in [-0.2, -0.15) is 0 Å². The molecule has 2 atom stereocenters.